The highest BCUT2D eigenvalue weighted by molar-refractivity contribution is 8.06. The molecule has 0 radical (unpaired) electrons. The Balaban J connectivity index is 0.874. The lowest BCUT2D eigenvalue weighted by molar-refractivity contribution is -0.745. The quantitative estimate of drug-likeness (QED) is 0.0253. The maximum atomic E-state index is 14.0. The smallest absolute Gasteiger partial charge is 0.313 e. The summed E-state index contributed by atoms with van der Waals surface area (Å²) in [4.78, 5) is 106. The van der Waals surface area contributed by atoms with Crippen molar-refractivity contribution in [1.82, 2.24) is 53.6 Å². The minimum Gasteiger partial charge on any atom is -0.780 e. The second-order valence-electron chi connectivity index (χ2n) is 16.8. The predicted octanol–water partition coefficient (Wildman–Crippen LogP) is -6.89. The number of aliphatic hydroxyl groups is 3. The van der Waals surface area contributed by atoms with Gasteiger partial charge in [-0.1, -0.05) is 16.8 Å². The summed E-state index contributed by atoms with van der Waals surface area (Å²) in [6, 6.07) is 0. The first kappa shape index (κ1) is 56.8. The largest absolute Gasteiger partial charge is 0.780 e. The number of aromatic amines is 2. The van der Waals surface area contributed by atoms with Gasteiger partial charge in [-0.25, -0.2) is 23.2 Å². The Bertz CT molecular complexity index is 3550. The molecule has 0 amide bonds. The van der Waals surface area contributed by atoms with E-state index in [-0.39, 0.29) is 57.2 Å². The molecule has 9 heterocycles. The molecule has 0 aliphatic carbocycles. The first-order valence-corrected chi connectivity index (χ1v) is 28.6. The van der Waals surface area contributed by atoms with E-state index >= 15 is 0 Å². The van der Waals surface area contributed by atoms with Gasteiger partial charge in [0, 0.05) is 14.2 Å². The summed E-state index contributed by atoms with van der Waals surface area (Å²) in [7, 11) is -15.3. The fourth-order valence-electron chi connectivity index (χ4n) is 8.62. The zero-order valence-corrected chi connectivity index (χ0v) is 43.7. The lowest BCUT2D eigenvalue weighted by atomic mass is 10.1. The third-order valence-corrected chi connectivity index (χ3v) is 17.5. The number of aliphatic hydroxyl groups excluding tert-OH is 3. The Hall–Kier alpha value is -4.93. The van der Waals surface area contributed by atoms with Gasteiger partial charge in [-0.05, 0) is 0 Å². The topological polar surface area (TPSA) is 571 Å². The van der Waals surface area contributed by atoms with Gasteiger partial charge >= 0.3 is 5.65 Å². The molecule has 0 aromatic carbocycles. The standard InChI is InChI=1S/C33H46N16O23P4S/c1-46-9-49(25-15(46)27(54)45-33(37)43-25)29-18(52)19(62-2)11(68-29)5-64-73(55,56)71-75(59,60)72-74(57,58)65-6-12-20(21(63-3)30(69-12)48-7-38-13-22(34)40-31(35)41-23(13)48)70-76(61,77)66-4-10-16(50)17(51)28(67-10)47-8-39-14-24(47)42-32(36)44-26(14)53/h7-12,16-21,28-30,50-52H,4-6H2,1-3H3,(H13-,34,35,36,37,40,41,42,43,44,45,53,54,55,56,57,58,59,60,61,77)/p-3/t10-,11-,12-,16+,17?,18+,19?,20?,21+,28-,29-,30-,76?/m1/s1. The number of aromatic nitrogens is 12. The van der Waals surface area contributed by atoms with Crippen molar-refractivity contribution in [2.45, 2.75) is 73.6 Å². The molecule has 422 valence electrons. The van der Waals surface area contributed by atoms with E-state index < -0.39 is 135 Å². The van der Waals surface area contributed by atoms with Crippen molar-refractivity contribution < 1.29 is 104 Å². The molecule has 9 rings (SSSR count). The molecular formula is C33H43N16O23P4S-3. The van der Waals surface area contributed by atoms with Crippen LogP contribution in [0, 0.1) is 0 Å². The van der Waals surface area contributed by atoms with Crippen LogP contribution in [-0.2, 0) is 83.0 Å². The molecule has 16 atom stereocenters. The summed E-state index contributed by atoms with van der Waals surface area (Å²) in [5.74, 6) is -1.12. The molecule has 44 heteroatoms. The second kappa shape index (κ2) is 21.3. The maximum Gasteiger partial charge on any atom is 0.313 e. The van der Waals surface area contributed by atoms with Crippen molar-refractivity contribution in [2.75, 3.05) is 57.0 Å². The third kappa shape index (κ3) is 11.5. The maximum absolute atomic E-state index is 14.0. The first-order valence-electron chi connectivity index (χ1n) is 21.7. The number of anilines is 4. The SMILES string of the molecule is COC1[C@@H](COP(=O)([O-])OP(=O)([O-])OP(=O)([O-])OC[C@H]2O[C@@H](n3cnc4c(N)nc(N)nc43)[C@@H](OC)C2OP([O-])(=S)OC[C@H]2O[C@@H](n3cnc4c(=O)[nH]c(N)nc43)C(O)[C@H]2O)O[C@@H]([n+]2cn(C)c3c(=O)[nH]c(N)nc32)[C@H]1O. The van der Waals surface area contributed by atoms with E-state index in [0.29, 0.717) is 0 Å². The van der Waals surface area contributed by atoms with E-state index in [1.54, 1.807) is 0 Å². The number of imidazole rings is 3. The van der Waals surface area contributed by atoms with Crippen LogP contribution in [0.5, 0.6) is 0 Å². The van der Waals surface area contributed by atoms with Crippen molar-refractivity contribution >= 4 is 99.1 Å². The summed E-state index contributed by atoms with van der Waals surface area (Å²) >= 11 is 5.16. The molecule has 3 fully saturated rings. The van der Waals surface area contributed by atoms with Crippen molar-refractivity contribution in [3.8, 4) is 0 Å². The first-order chi connectivity index (χ1) is 36.1. The van der Waals surface area contributed by atoms with Crippen LogP contribution >= 0.6 is 30.2 Å². The van der Waals surface area contributed by atoms with E-state index in [1.165, 1.54) is 22.5 Å². The van der Waals surface area contributed by atoms with Crippen molar-refractivity contribution in [3.63, 3.8) is 0 Å². The Morgan fingerprint density at radius 2 is 1.26 bits per heavy atom. The van der Waals surface area contributed by atoms with Crippen LogP contribution in [0.15, 0.2) is 28.6 Å². The monoisotopic (exact) mass is 1190 g/mol. The fourth-order valence-corrected chi connectivity index (χ4v) is 13.4. The molecule has 77 heavy (non-hydrogen) atoms. The Morgan fingerprint density at radius 1 is 0.701 bits per heavy atom. The molecule has 3 aliphatic rings. The van der Waals surface area contributed by atoms with Gasteiger partial charge in [0.15, 0.2) is 41.4 Å². The third-order valence-electron chi connectivity index (χ3n) is 11.8. The average molecular weight is 1190 g/mol. The van der Waals surface area contributed by atoms with E-state index in [9.17, 15) is 58.2 Å². The van der Waals surface area contributed by atoms with Crippen LogP contribution in [0.25, 0.3) is 33.5 Å². The molecular weight excluding hydrogens is 1140 g/mol. The van der Waals surface area contributed by atoms with Crippen LogP contribution in [0.3, 0.4) is 0 Å². The van der Waals surface area contributed by atoms with Gasteiger partial charge in [0.25, 0.3) is 40.5 Å². The van der Waals surface area contributed by atoms with Gasteiger partial charge in [0.05, 0.1) is 39.5 Å². The fraction of sp³-hybridized carbons (Fsp3) is 0.545. The van der Waals surface area contributed by atoms with Gasteiger partial charge in [-0.15, -0.1) is 0 Å². The number of fused-ring (bicyclic) bond motifs is 3. The van der Waals surface area contributed by atoms with Crippen LogP contribution < -0.4 is 58.2 Å². The number of rotatable bonds is 20. The molecule has 39 nitrogen and oxygen atoms in total. The number of hydrogen-bond acceptors (Lipinski definition) is 34. The Kier molecular flexibility index (Phi) is 15.7. The number of ether oxygens (including phenoxy) is 5. The van der Waals surface area contributed by atoms with Gasteiger partial charge < -0.3 is 99.6 Å². The van der Waals surface area contributed by atoms with Crippen LogP contribution in [0.2, 0.25) is 0 Å². The van der Waals surface area contributed by atoms with Crippen molar-refractivity contribution in [3.05, 3.63) is 39.7 Å². The molecule has 6 aromatic rings. The number of nitrogens with two attached hydrogens (primary N) is 4. The number of nitrogen functional groups attached to an aromatic ring is 4. The molecule has 13 N–H and O–H groups in total. The van der Waals surface area contributed by atoms with E-state index in [4.69, 9.17) is 72.0 Å². The molecule has 7 unspecified atom stereocenters. The lowest BCUT2D eigenvalue weighted by Gasteiger charge is -2.36. The predicted molar refractivity (Wildman–Crippen MR) is 246 cm³/mol. The van der Waals surface area contributed by atoms with Gasteiger partial charge in [-0.3, -0.25) is 47.0 Å². The number of phosphoric ester groups is 2. The molecule has 6 aromatic heterocycles. The number of methoxy groups -OCH3 is 2. The summed E-state index contributed by atoms with van der Waals surface area (Å²) in [5.41, 5.74) is 21.3. The average Bonchev–Trinajstić information content (AvgIpc) is 4.18. The second-order valence-corrected chi connectivity index (χ2v) is 24.0. The molecule has 3 saturated heterocycles. The van der Waals surface area contributed by atoms with Crippen molar-refractivity contribution in [2.24, 2.45) is 7.05 Å². The summed E-state index contributed by atoms with van der Waals surface area (Å²) in [6.07, 6.45) is -15.6. The summed E-state index contributed by atoms with van der Waals surface area (Å²) < 4.78 is 101. The number of phosphoric acid groups is 3. The number of hydrogen-bond donors (Lipinski definition) is 9. The lowest BCUT2D eigenvalue weighted by Crippen LogP contribution is -2.46. The van der Waals surface area contributed by atoms with E-state index in [0.717, 1.165) is 36.0 Å². The Labute approximate surface area is 432 Å². The molecule has 3 aliphatic heterocycles. The zero-order chi connectivity index (χ0) is 55.8. The van der Waals surface area contributed by atoms with Crippen LogP contribution in [0.4, 0.5) is 23.7 Å². The highest BCUT2D eigenvalue weighted by atomic mass is 32.5. The molecule has 0 saturated carbocycles. The Morgan fingerprint density at radius 3 is 1.91 bits per heavy atom. The van der Waals surface area contributed by atoms with E-state index in [2.05, 4.69) is 53.0 Å². The highest BCUT2D eigenvalue weighted by Crippen LogP contribution is 2.63. The molecule has 0 bridgehead atoms. The van der Waals surface area contributed by atoms with Crippen LogP contribution in [0.1, 0.15) is 18.7 Å². The van der Waals surface area contributed by atoms with Crippen LogP contribution in [-0.4, -0.2) is 158 Å². The minimum absolute atomic E-state index is 0.00173. The van der Waals surface area contributed by atoms with Gasteiger partial charge in [-0.2, -0.15) is 15.0 Å². The van der Waals surface area contributed by atoms with E-state index in [1.807, 2.05) is 0 Å². The number of nitrogens with zero attached hydrogens (tertiary/aromatic N) is 10. The summed E-state index contributed by atoms with van der Waals surface area (Å²) in [5, 5.41) is 32.9. The normalized spacial score (nSPS) is 30.0. The molecule has 0 spiro atoms. The van der Waals surface area contributed by atoms with Gasteiger partial charge in [0.2, 0.25) is 23.6 Å². The number of aryl methyl sites for hydroxylation is 1. The number of nitrogens with one attached hydrogen (secondary N) is 2. The zero-order valence-electron chi connectivity index (χ0n) is 39.3. The van der Waals surface area contributed by atoms with Crippen molar-refractivity contribution in [1.29, 1.82) is 0 Å². The minimum atomic E-state index is -6.55. The highest BCUT2D eigenvalue weighted by Gasteiger charge is 2.51. The van der Waals surface area contributed by atoms with Gasteiger partial charge in [0.1, 0.15) is 67.2 Å². The summed E-state index contributed by atoms with van der Waals surface area (Å²) in [6.45, 7) is -8.22. The number of H-pyrrole nitrogens is 2.